The largest absolute Gasteiger partial charge is 0.458 e. The number of cyclic esters (lactones) is 1. The fourth-order valence-corrected chi connectivity index (χ4v) is 1.25. The highest BCUT2D eigenvalue weighted by Crippen LogP contribution is 2.29. The number of carbonyl (C=O) groups excluding carboxylic acids is 1. The average molecular weight is 168 g/mol. The van der Waals surface area contributed by atoms with Crippen LogP contribution in [0.3, 0.4) is 0 Å². The predicted molar refractivity (Wildman–Crippen MR) is 47.7 cm³/mol. The fourth-order valence-electron chi connectivity index (χ4n) is 1.25. The molecule has 68 valence electrons. The van der Waals surface area contributed by atoms with E-state index in [1.165, 1.54) is 0 Å². The summed E-state index contributed by atoms with van der Waals surface area (Å²) < 4.78 is 5.21. The van der Waals surface area contributed by atoms with Crippen LogP contribution in [0, 0.1) is 5.41 Å². The SMILES string of the molecule is CC1=CC(=O)O[C@H](C(C)(C)C)C1. The Morgan fingerprint density at radius 2 is 2.08 bits per heavy atom. The minimum Gasteiger partial charge on any atom is -0.458 e. The van der Waals surface area contributed by atoms with Crippen molar-refractivity contribution >= 4 is 5.97 Å². The minimum absolute atomic E-state index is 0.0370. The molecule has 0 aromatic heterocycles. The zero-order valence-corrected chi connectivity index (χ0v) is 8.18. The summed E-state index contributed by atoms with van der Waals surface area (Å²) in [6.07, 6.45) is 2.48. The summed E-state index contributed by atoms with van der Waals surface area (Å²) >= 11 is 0. The molecule has 0 fully saturated rings. The van der Waals surface area contributed by atoms with Gasteiger partial charge in [-0.3, -0.25) is 0 Å². The van der Waals surface area contributed by atoms with Gasteiger partial charge in [0.25, 0.3) is 0 Å². The van der Waals surface area contributed by atoms with E-state index in [1.54, 1.807) is 6.08 Å². The molecule has 1 rings (SSSR count). The smallest absolute Gasteiger partial charge is 0.330 e. The van der Waals surface area contributed by atoms with E-state index in [9.17, 15) is 4.79 Å². The van der Waals surface area contributed by atoms with Crippen LogP contribution in [0.1, 0.15) is 34.1 Å². The third kappa shape index (κ3) is 2.10. The number of hydrogen-bond donors (Lipinski definition) is 0. The molecule has 0 amide bonds. The Hall–Kier alpha value is -0.790. The summed E-state index contributed by atoms with van der Waals surface area (Å²) in [6, 6.07) is 0. The number of rotatable bonds is 0. The second-order valence-electron chi connectivity index (χ2n) is 4.49. The topological polar surface area (TPSA) is 26.3 Å². The lowest BCUT2D eigenvalue weighted by Crippen LogP contribution is -2.33. The minimum atomic E-state index is -0.196. The van der Waals surface area contributed by atoms with E-state index in [-0.39, 0.29) is 17.5 Å². The molecule has 0 saturated carbocycles. The van der Waals surface area contributed by atoms with Gasteiger partial charge in [-0.1, -0.05) is 26.3 Å². The highest BCUT2D eigenvalue weighted by molar-refractivity contribution is 5.83. The number of hydrogen-bond acceptors (Lipinski definition) is 2. The Bertz CT molecular complexity index is 220. The standard InChI is InChI=1S/C10H16O2/c1-7-5-8(10(2,3)4)12-9(11)6-7/h6,8H,5H2,1-4H3/t8-/m0/s1. The average Bonchev–Trinajstić information content (AvgIpc) is 1.82. The van der Waals surface area contributed by atoms with Crippen LogP contribution in [0.25, 0.3) is 0 Å². The van der Waals surface area contributed by atoms with Gasteiger partial charge in [-0.15, -0.1) is 0 Å². The molecule has 0 aliphatic carbocycles. The third-order valence-corrected chi connectivity index (χ3v) is 2.10. The number of esters is 1. The highest BCUT2D eigenvalue weighted by Gasteiger charge is 2.30. The van der Waals surface area contributed by atoms with Gasteiger partial charge in [0, 0.05) is 12.5 Å². The van der Waals surface area contributed by atoms with E-state index in [4.69, 9.17) is 4.74 Å². The molecular formula is C10H16O2. The van der Waals surface area contributed by atoms with E-state index in [2.05, 4.69) is 20.8 Å². The van der Waals surface area contributed by atoms with Crippen molar-refractivity contribution in [2.24, 2.45) is 5.41 Å². The summed E-state index contributed by atoms with van der Waals surface area (Å²) in [6.45, 7) is 8.23. The first kappa shape index (κ1) is 9.30. The molecule has 0 saturated heterocycles. The van der Waals surface area contributed by atoms with E-state index in [0.29, 0.717) is 0 Å². The first-order chi connectivity index (χ1) is 5.39. The van der Waals surface area contributed by atoms with E-state index in [1.807, 2.05) is 6.92 Å². The molecule has 2 heteroatoms. The summed E-state index contributed by atoms with van der Waals surface area (Å²) in [5.74, 6) is -0.196. The zero-order valence-electron chi connectivity index (χ0n) is 8.18. The molecule has 0 spiro atoms. The summed E-state index contributed by atoms with van der Waals surface area (Å²) in [4.78, 5) is 11.0. The summed E-state index contributed by atoms with van der Waals surface area (Å²) in [5.41, 5.74) is 1.16. The van der Waals surface area contributed by atoms with Crippen molar-refractivity contribution < 1.29 is 9.53 Å². The molecule has 1 aliphatic heterocycles. The Morgan fingerprint density at radius 1 is 1.50 bits per heavy atom. The Balaban J connectivity index is 2.74. The van der Waals surface area contributed by atoms with E-state index >= 15 is 0 Å². The van der Waals surface area contributed by atoms with Crippen molar-refractivity contribution in [2.45, 2.75) is 40.2 Å². The van der Waals surface area contributed by atoms with Gasteiger partial charge in [0.05, 0.1) is 0 Å². The van der Waals surface area contributed by atoms with Gasteiger partial charge in [-0.05, 0) is 12.3 Å². The molecule has 1 aliphatic rings. The summed E-state index contributed by atoms with van der Waals surface area (Å²) in [7, 11) is 0. The second-order valence-corrected chi connectivity index (χ2v) is 4.49. The maximum absolute atomic E-state index is 11.0. The van der Waals surface area contributed by atoms with Gasteiger partial charge >= 0.3 is 5.97 Å². The molecule has 2 nitrogen and oxygen atoms in total. The Labute approximate surface area is 73.6 Å². The normalized spacial score (nSPS) is 24.8. The van der Waals surface area contributed by atoms with Gasteiger partial charge in [0.2, 0.25) is 0 Å². The van der Waals surface area contributed by atoms with Gasteiger partial charge < -0.3 is 4.74 Å². The molecule has 0 radical (unpaired) electrons. The van der Waals surface area contributed by atoms with Gasteiger partial charge in [-0.2, -0.15) is 0 Å². The number of carbonyl (C=O) groups is 1. The van der Waals surface area contributed by atoms with Crippen LogP contribution in [-0.2, 0) is 9.53 Å². The monoisotopic (exact) mass is 168 g/mol. The van der Waals surface area contributed by atoms with Crippen molar-refractivity contribution in [1.29, 1.82) is 0 Å². The summed E-state index contributed by atoms with van der Waals surface area (Å²) in [5, 5.41) is 0. The molecule has 12 heavy (non-hydrogen) atoms. The quantitative estimate of drug-likeness (QED) is 0.519. The van der Waals surface area contributed by atoms with Crippen LogP contribution in [0.5, 0.6) is 0 Å². The van der Waals surface area contributed by atoms with Crippen LogP contribution in [0.2, 0.25) is 0 Å². The molecule has 1 atom stereocenters. The van der Waals surface area contributed by atoms with Crippen molar-refractivity contribution in [3.05, 3.63) is 11.6 Å². The van der Waals surface area contributed by atoms with Crippen molar-refractivity contribution in [1.82, 2.24) is 0 Å². The lowest BCUT2D eigenvalue weighted by molar-refractivity contribution is -0.150. The Morgan fingerprint density at radius 3 is 2.50 bits per heavy atom. The maximum Gasteiger partial charge on any atom is 0.330 e. The highest BCUT2D eigenvalue weighted by atomic mass is 16.5. The molecule has 0 N–H and O–H groups in total. The van der Waals surface area contributed by atoms with E-state index < -0.39 is 0 Å². The second kappa shape index (κ2) is 2.92. The van der Waals surface area contributed by atoms with Gasteiger partial charge in [-0.25, -0.2) is 4.79 Å². The van der Waals surface area contributed by atoms with E-state index in [0.717, 1.165) is 12.0 Å². The predicted octanol–water partition coefficient (Wildman–Crippen LogP) is 2.29. The third-order valence-electron chi connectivity index (χ3n) is 2.10. The van der Waals surface area contributed by atoms with Gasteiger partial charge in [0.15, 0.2) is 0 Å². The van der Waals surface area contributed by atoms with Crippen LogP contribution in [0.15, 0.2) is 11.6 Å². The van der Waals surface area contributed by atoms with Gasteiger partial charge in [0.1, 0.15) is 6.10 Å². The van der Waals surface area contributed by atoms with Crippen LogP contribution in [-0.4, -0.2) is 12.1 Å². The number of ether oxygens (including phenoxy) is 1. The lowest BCUT2D eigenvalue weighted by atomic mass is 9.84. The zero-order chi connectivity index (χ0) is 9.35. The fraction of sp³-hybridized carbons (Fsp3) is 0.700. The lowest BCUT2D eigenvalue weighted by Gasteiger charge is -2.32. The molecule has 1 heterocycles. The first-order valence-electron chi connectivity index (χ1n) is 4.27. The molecule has 0 unspecified atom stereocenters. The van der Waals surface area contributed by atoms with Crippen molar-refractivity contribution in [3.63, 3.8) is 0 Å². The van der Waals surface area contributed by atoms with Crippen molar-refractivity contribution in [2.75, 3.05) is 0 Å². The molecule has 0 aromatic rings. The first-order valence-corrected chi connectivity index (χ1v) is 4.27. The molecule has 0 bridgehead atoms. The Kier molecular flexibility index (Phi) is 2.27. The van der Waals surface area contributed by atoms with Crippen LogP contribution < -0.4 is 0 Å². The van der Waals surface area contributed by atoms with Crippen LogP contribution >= 0.6 is 0 Å². The molecule has 0 aromatic carbocycles. The maximum atomic E-state index is 11.0. The van der Waals surface area contributed by atoms with Crippen molar-refractivity contribution in [3.8, 4) is 0 Å². The van der Waals surface area contributed by atoms with Crippen LogP contribution in [0.4, 0.5) is 0 Å². The molecular weight excluding hydrogens is 152 g/mol.